The molecule has 0 saturated heterocycles. The summed E-state index contributed by atoms with van der Waals surface area (Å²) in [5.41, 5.74) is 1.55. The van der Waals surface area contributed by atoms with E-state index in [1.165, 1.54) is 11.8 Å². The van der Waals surface area contributed by atoms with E-state index in [2.05, 4.69) is 42.4 Å². The van der Waals surface area contributed by atoms with Crippen LogP contribution in [0.5, 0.6) is 0 Å². The lowest BCUT2D eigenvalue weighted by atomic mass is 9.61. The summed E-state index contributed by atoms with van der Waals surface area (Å²) in [7, 11) is 0. The Labute approximate surface area is 219 Å². The molecule has 1 aliphatic heterocycles. The fourth-order valence-electron chi connectivity index (χ4n) is 5.02. The maximum Gasteiger partial charge on any atom is 0.173 e. The highest BCUT2D eigenvalue weighted by Gasteiger charge is 2.52. The van der Waals surface area contributed by atoms with Crippen molar-refractivity contribution in [1.82, 2.24) is 0 Å². The van der Waals surface area contributed by atoms with Gasteiger partial charge in [0.05, 0.1) is 16.9 Å². The quantitative estimate of drug-likeness (QED) is 0.281. The molecule has 0 amide bonds. The third-order valence-corrected chi connectivity index (χ3v) is 8.27. The Kier molecular flexibility index (Phi) is 7.30. The molecule has 2 aromatic carbocycles. The van der Waals surface area contributed by atoms with Gasteiger partial charge in [0.25, 0.3) is 0 Å². The molecule has 2 aliphatic rings. The van der Waals surface area contributed by atoms with Crippen LogP contribution in [0.4, 0.5) is 0 Å². The van der Waals surface area contributed by atoms with Crippen LogP contribution in [0.2, 0.25) is 0 Å². The number of ketones is 2. The number of benzene rings is 2. The molecule has 0 spiro atoms. The minimum Gasteiger partial charge on any atom is -0.294 e. The fourth-order valence-corrected chi connectivity index (χ4v) is 6.40. The molecule has 2 aromatic rings. The number of halogens is 1. The van der Waals surface area contributed by atoms with Crippen molar-refractivity contribution in [1.29, 1.82) is 5.26 Å². The number of carbonyl (C=O) groups excluding carboxylic acids is 2. The van der Waals surface area contributed by atoms with Crippen LogP contribution in [-0.4, -0.2) is 22.4 Å². The standard InChI is InChI=1S/C29H27BrN2O2S/c1-4-14-29(18-31)26(20-10-12-21(30)13-11-20)25-22(15-28(2,3)16-23(25)33)32-27(29)35-17-24(34)19-8-6-5-7-9-19/h4-13,26H,1,14-17H2,2-3H3/t26-,29+/m0/s1. The van der Waals surface area contributed by atoms with Crippen molar-refractivity contribution < 1.29 is 9.59 Å². The zero-order valence-electron chi connectivity index (χ0n) is 19.9. The molecule has 0 unspecified atom stereocenters. The average Bonchev–Trinajstić information content (AvgIpc) is 2.83. The van der Waals surface area contributed by atoms with Crippen LogP contribution in [0, 0.1) is 22.2 Å². The highest BCUT2D eigenvalue weighted by atomic mass is 79.9. The molecule has 0 aromatic heterocycles. The number of aliphatic imine (C=N–C) groups is 1. The molecule has 6 heteroatoms. The summed E-state index contributed by atoms with van der Waals surface area (Å²) in [4.78, 5) is 31.4. The van der Waals surface area contributed by atoms with E-state index >= 15 is 0 Å². The first-order valence-electron chi connectivity index (χ1n) is 11.5. The lowest BCUT2D eigenvalue weighted by molar-refractivity contribution is -0.118. The second-order valence-electron chi connectivity index (χ2n) is 9.86. The number of nitrogens with zero attached hydrogens (tertiary/aromatic N) is 2. The van der Waals surface area contributed by atoms with E-state index in [0.29, 0.717) is 35.4 Å². The van der Waals surface area contributed by atoms with Crippen molar-refractivity contribution in [2.75, 3.05) is 5.75 Å². The maximum atomic E-state index is 13.5. The summed E-state index contributed by atoms with van der Waals surface area (Å²) in [6.45, 7) is 8.06. The van der Waals surface area contributed by atoms with Gasteiger partial charge in [-0.15, -0.1) is 18.3 Å². The predicted octanol–water partition coefficient (Wildman–Crippen LogP) is 7.29. The van der Waals surface area contributed by atoms with Gasteiger partial charge in [-0.05, 0) is 36.0 Å². The number of rotatable bonds is 6. The van der Waals surface area contributed by atoms with Gasteiger partial charge in [0.1, 0.15) is 5.41 Å². The van der Waals surface area contributed by atoms with Crippen LogP contribution >= 0.6 is 27.7 Å². The molecule has 1 heterocycles. The Morgan fingerprint density at radius 2 is 1.89 bits per heavy atom. The smallest absolute Gasteiger partial charge is 0.173 e. The molecule has 0 N–H and O–H groups in total. The zero-order chi connectivity index (χ0) is 25.2. The Morgan fingerprint density at radius 3 is 2.51 bits per heavy atom. The van der Waals surface area contributed by atoms with E-state index in [1.807, 2.05) is 42.5 Å². The van der Waals surface area contributed by atoms with E-state index in [0.717, 1.165) is 15.7 Å². The number of allylic oxidation sites excluding steroid dienone is 3. The first-order valence-corrected chi connectivity index (χ1v) is 13.3. The number of hydrogen-bond donors (Lipinski definition) is 0. The van der Waals surface area contributed by atoms with E-state index in [4.69, 9.17) is 4.99 Å². The van der Waals surface area contributed by atoms with Gasteiger partial charge in [0, 0.05) is 33.6 Å². The fraction of sp³-hybridized carbons (Fsp3) is 0.310. The van der Waals surface area contributed by atoms with Crippen molar-refractivity contribution in [2.24, 2.45) is 15.8 Å². The summed E-state index contributed by atoms with van der Waals surface area (Å²) in [6.07, 6.45) is 3.10. The topological polar surface area (TPSA) is 70.3 Å². The van der Waals surface area contributed by atoms with Crippen molar-refractivity contribution in [3.8, 4) is 6.07 Å². The summed E-state index contributed by atoms with van der Waals surface area (Å²) in [5, 5.41) is 11.3. The van der Waals surface area contributed by atoms with Gasteiger partial charge in [0.2, 0.25) is 0 Å². The Balaban J connectivity index is 1.85. The summed E-state index contributed by atoms with van der Waals surface area (Å²) < 4.78 is 0.922. The van der Waals surface area contributed by atoms with Gasteiger partial charge in [-0.25, -0.2) is 4.99 Å². The van der Waals surface area contributed by atoms with Crippen LogP contribution in [0.3, 0.4) is 0 Å². The highest BCUT2D eigenvalue weighted by Crippen LogP contribution is 2.55. The maximum absolute atomic E-state index is 13.5. The van der Waals surface area contributed by atoms with Crippen molar-refractivity contribution in [2.45, 2.75) is 39.0 Å². The highest BCUT2D eigenvalue weighted by molar-refractivity contribution is 9.10. The van der Waals surface area contributed by atoms with Gasteiger partial charge in [0.15, 0.2) is 11.6 Å². The Morgan fingerprint density at radius 1 is 1.20 bits per heavy atom. The second kappa shape index (κ2) is 10.1. The SMILES string of the molecule is C=CC[C@]1(C#N)C(SCC(=O)c2ccccc2)=NC2=C(C(=O)CC(C)(C)C2)[C@@H]1c1ccc(Br)cc1. The number of Topliss-reactive ketones (excluding diaryl/α,β-unsaturated/α-hetero) is 2. The van der Waals surface area contributed by atoms with Crippen LogP contribution in [0.25, 0.3) is 0 Å². The van der Waals surface area contributed by atoms with Crippen molar-refractivity contribution in [3.63, 3.8) is 0 Å². The van der Waals surface area contributed by atoms with E-state index < -0.39 is 11.3 Å². The van der Waals surface area contributed by atoms with Gasteiger partial charge < -0.3 is 0 Å². The van der Waals surface area contributed by atoms with Crippen molar-refractivity contribution >= 4 is 44.3 Å². The molecule has 0 fully saturated rings. The summed E-state index contributed by atoms with van der Waals surface area (Å²) in [5.74, 6) is -0.301. The monoisotopic (exact) mass is 546 g/mol. The Bertz CT molecular complexity index is 1270. The molecule has 2 atom stereocenters. The Hall–Kier alpha value is -2.75. The minimum atomic E-state index is -1.12. The molecule has 0 bridgehead atoms. The average molecular weight is 548 g/mol. The molecule has 178 valence electrons. The number of carbonyl (C=O) groups is 2. The molecule has 0 saturated carbocycles. The first kappa shape index (κ1) is 25.3. The van der Waals surface area contributed by atoms with Crippen LogP contribution < -0.4 is 0 Å². The first-order chi connectivity index (χ1) is 16.7. The number of hydrogen-bond acceptors (Lipinski definition) is 5. The predicted molar refractivity (Wildman–Crippen MR) is 145 cm³/mol. The van der Waals surface area contributed by atoms with Gasteiger partial charge in [-0.2, -0.15) is 5.26 Å². The molecule has 1 aliphatic carbocycles. The van der Waals surface area contributed by atoms with Gasteiger partial charge in [-0.1, -0.05) is 78.3 Å². The van der Waals surface area contributed by atoms with Crippen LogP contribution in [0.15, 0.2) is 88.0 Å². The lowest BCUT2D eigenvalue weighted by Gasteiger charge is -2.44. The number of thioether (sulfide) groups is 1. The third kappa shape index (κ3) is 4.98. The van der Waals surface area contributed by atoms with E-state index in [9.17, 15) is 14.9 Å². The minimum absolute atomic E-state index is 0.0243. The molecular weight excluding hydrogens is 520 g/mol. The molecule has 4 nitrogen and oxygen atoms in total. The van der Waals surface area contributed by atoms with Crippen molar-refractivity contribution in [3.05, 3.63) is 94.1 Å². The summed E-state index contributed by atoms with van der Waals surface area (Å²) >= 11 is 4.80. The van der Waals surface area contributed by atoms with E-state index in [1.54, 1.807) is 18.2 Å². The number of nitriles is 1. The molecule has 35 heavy (non-hydrogen) atoms. The molecule has 4 rings (SSSR count). The normalized spacial score (nSPS) is 23.2. The molecule has 0 radical (unpaired) electrons. The summed E-state index contributed by atoms with van der Waals surface area (Å²) in [6, 6.07) is 19.5. The zero-order valence-corrected chi connectivity index (χ0v) is 22.3. The van der Waals surface area contributed by atoms with Crippen LogP contribution in [-0.2, 0) is 4.79 Å². The lowest BCUT2D eigenvalue weighted by Crippen LogP contribution is -2.43. The third-order valence-electron chi connectivity index (χ3n) is 6.60. The van der Waals surface area contributed by atoms with Gasteiger partial charge in [-0.3, -0.25) is 9.59 Å². The second-order valence-corrected chi connectivity index (χ2v) is 11.7. The van der Waals surface area contributed by atoms with Gasteiger partial charge >= 0.3 is 0 Å². The van der Waals surface area contributed by atoms with Crippen LogP contribution in [0.1, 0.15) is 54.9 Å². The largest absolute Gasteiger partial charge is 0.294 e. The van der Waals surface area contributed by atoms with E-state index in [-0.39, 0.29) is 22.7 Å². The molecular formula is C29H27BrN2O2S.